The molecule has 3 rings (SSSR count). The second kappa shape index (κ2) is 7.73. The number of fused-ring (bicyclic) bond motifs is 1. The van der Waals surface area contributed by atoms with E-state index < -0.39 is 11.9 Å². The molecule has 2 amide bonds. The molecule has 26 heavy (non-hydrogen) atoms. The Balaban J connectivity index is 1.64. The standard InChI is InChI=1S/C18H19N3O5/c1-11(2)16(18(23)21-19-9-13-4-3-7-24-13)20-17(22)12-5-6-14-15(8-12)26-10-25-14/h3-9,11,16H,10H2,1-2H3,(H,20,22)(H,21,23)/b19-9-/t16-/m1/s1. The highest BCUT2D eigenvalue weighted by Crippen LogP contribution is 2.32. The second-order valence-electron chi connectivity index (χ2n) is 6.01. The number of carbonyl (C=O) groups excluding carboxylic acids is 2. The minimum Gasteiger partial charge on any atom is -0.463 e. The first kappa shape index (κ1) is 17.5. The van der Waals surface area contributed by atoms with Crippen LogP contribution >= 0.6 is 0 Å². The molecule has 0 spiro atoms. The van der Waals surface area contributed by atoms with Crippen molar-refractivity contribution in [2.75, 3.05) is 6.79 Å². The van der Waals surface area contributed by atoms with Gasteiger partial charge in [-0.2, -0.15) is 5.10 Å². The summed E-state index contributed by atoms with van der Waals surface area (Å²) in [5.41, 5.74) is 2.79. The lowest BCUT2D eigenvalue weighted by Crippen LogP contribution is -2.48. The summed E-state index contributed by atoms with van der Waals surface area (Å²) >= 11 is 0. The number of nitrogens with zero attached hydrogens (tertiary/aromatic N) is 1. The number of hydrogen-bond acceptors (Lipinski definition) is 6. The van der Waals surface area contributed by atoms with Crippen molar-refractivity contribution in [2.24, 2.45) is 11.0 Å². The lowest BCUT2D eigenvalue weighted by Gasteiger charge is -2.20. The van der Waals surface area contributed by atoms with Gasteiger partial charge in [0.2, 0.25) is 6.79 Å². The molecule has 1 aliphatic rings. The van der Waals surface area contributed by atoms with Crippen molar-refractivity contribution < 1.29 is 23.5 Å². The topological polar surface area (TPSA) is 102 Å². The number of ether oxygens (including phenoxy) is 2. The Morgan fingerprint density at radius 3 is 2.73 bits per heavy atom. The fourth-order valence-corrected chi connectivity index (χ4v) is 2.39. The van der Waals surface area contributed by atoms with Crippen LogP contribution in [-0.4, -0.2) is 30.9 Å². The molecule has 8 nitrogen and oxygen atoms in total. The van der Waals surface area contributed by atoms with Crippen molar-refractivity contribution in [3.8, 4) is 11.5 Å². The Morgan fingerprint density at radius 1 is 1.19 bits per heavy atom. The summed E-state index contributed by atoms with van der Waals surface area (Å²) in [6.45, 7) is 3.80. The quantitative estimate of drug-likeness (QED) is 0.607. The van der Waals surface area contributed by atoms with Crippen LogP contribution < -0.4 is 20.2 Å². The van der Waals surface area contributed by atoms with Gasteiger partial charge in [0.15, 0.2) is 11.5 Å². The minimum absolute atomic E-state index is 0.130. The maximum absolute atomic E-state index is 12.5. The number of hydrazone groups is 1. The Bertz CT molecular complexity index is 814. The second-order valence-corrected chi connectivity index (χ2v) is 6.01. The van der Waals surface area contributed by atoms with E-state index in [0.717, 1.165) is 0 Å². The lowest BCUT2D eigenvalue weighted by atomic mass is 10.0. The van der Waals surface area contributed by atoms with E-state index in [0.29, 0.717) is 22.8 Å². The molecular weight excluding hydrogens is 338 g/mol. The number of benzene rings is 1. The fourth-order valence-electron chi connectivity index (χ4n) is 2.39. The van der Waals surface area contributed by atoms with Crippen molar-refractivity contribution in [1.82, 2.24) is 10.7 Å². The molecule has 0 fully saturated rings. The summed E-state index contributed by atoms with van der Waals surface area (Å²) < 4.78 is 15.6. The minimum atomic E-state index is -0.748. The van der Waals surface area contributed by atoms with Crippen LogP contribution in [0.4, 0.5) is 0 Å². The first-order chi connectivity index (χ1) is 12.5. The summed E-state index contributed by atoms with van der Waals surface area (Å²) in [4.78, 5) is 24.8. The average Bonchev–Trinajstić information content (AvgIpc) is 3.29. The van der Waals surface area contributed by atoms with Gasteiger partial charge in [-0.1, -0.05) is 13.8 Å². The maximum atomic E-state index is 12.5. The number of hydrogen-bond donors (Lipinski definition) is 2. The SMILES string of the molecule is CC(C)[C@@H](NC(=O)c1ccc2c(c1)OCO2)C(=O)N/N=C\c1ccco1. The molecule has 0 bridgehead atoms. The highest BCUT2D eigenvalue weighted by atomic mass is 16.7. The van der Waals surface area contributed by atoms with E-state index in [1.807, 2.05) is 13.8 Å². The first-order valence-corrected chi connectivity index (χ1v) is 8.11. The molecule has 1 aromatic heterocycles. The lowest BCUT2D eigenvalue weighted by molar-refractivity contribution is -0.123. The molecular formula is C18H19N3O5. The number of amides is 2. The smallest absolute Gasteiger partial charge is 0.262 e. The van der Waals surface area contributed by atoms with E-state index in [1.54, 1.807) is 30.3 Å². The van der Waals surface area contributed by atoms with E-state index >= 15 is 0 Å². The van der Waals surface area contributed by atoms with Gasteiger partial charge in [-0.05, 0) is 36.2 Å². The third-order valence-corrected chi connectivity index (χ3v) is 3.78. The third kappa shape index (κ3) is 4.02. The molecule has 0 unspecified atom stereocenters. The molecule has 1 aliphatic heterocycles. The zero-order chi connectivity index (χ0) is 18.5. The summed E-state index contributed by atoms with van der Waals surface area (Å²) in [7, 11) is 0. The van der Waals surface area contributed by atoms with Crippen molar-refractivity contribution in [3.05, 3.63) is 47.9 Å². The molecule has 8 heteroatoms. The largest absolute Gasteiger partial charge is 0.463 e. The molecule has 0 radical (unpaired) electrons. The van der Waals surface area contributed by atoms with Crippen molar-refractivity contribution in [2.45, 2.75) is 19.9 Å². The molecule has 1 aromatic carbocycles. The Labute approximate surface area is 150 Å². The predicted molar refractivity (Wildman–Crippen MR) is 93.1 cm³/mol. The Morgan fingerprint density at radius 2 is 2.00 bits per heavy atom. The van der Waals surface area contributed by atoms with Gasteiger partial charge in [0.25, 0.3) is 11.8 Å². The van der Waals surface area contributed by atoms with Crippen molar-refractivity contribution >= 4 is 18.0 Å². The van der Waals surface area contributed by atoms with Gasteiger partial charge in [0, 0.05) is 5.56 Å². The maximum Gasteiger partial charge on any atom is 0.262 e. The van der Waals surface area contributed by atoms with Crippen LogP contribution in [0.25, 0.3) is 0 Å². The van der Waals surface area contributed by atoms with E-state index in [1.165, 1.54) is 12.5 Å². The van der Waals surface area contributed by atoms with E-state index in [2.05, 4.69) is 15.8 Å². The van der Waals surface area contributed by atoms with Gasteiger partial charge >= 0.3 is 0 Å². The highest BCUT2D eigenvalue weighted by Gasteiger charge is 2.25. The molecule has 1 atom stereocenters. The monoisotopic (exact) mass is 357 g/mol. The zero-order valence-electron chi connectivity index (χ0n) is 14.4. The van der Waals surface area contributed by atoms with E-state index in [4.69, 9.17) is 13.9 Å². The van der Waals surface area contributed by atoms with Crippen LogP contribution in [0.15, 0.2) is 46.1 Å². The summed E-state index contributed by atoms with van der Waals surface area (Å²) in [6.07, 6.45) is 2.89. The Hall–Kier alpha value is -3.29. The van der Waals surface area contributed by atoms with Crippen molar-refractivity contribution in [3.63, 3.8) is 0 Å². The summed E-state index contributed by atoms with van der Waals surface area (Å²) in [5, 5.41) is 6.56. The zero-order valence-corrected chi connectivity index (χ0v) is 14.4. The number of carbonyl (C=O) groups is 2. The number of nitrogens with one attached hydrogen (secondary N) is 2. The van der Waals surface area contributed by atoms with Gasteiger partial charge in [-0.25, -0.2) is 5.43 Å². The molecule has 2 N–H and O–H groups in total. The van der Waals surface area contributed by atoms with E-state index in [9.17, 15) is 9.59 Å². The first-order valence-electron chi connectivity index (χ1n) is 8.11. The molecule has 0 saturated carbocycles. The number of rotatable bonds is 6. The Kier molecular flexibility index (Phi) is 5.21. The molecule has 2 aromatic rings. The van der Waals surface area contributed by atoms with Crippen LogP contribution in [0.5, 0.6) is 11.5 Å². The fraction of sp³-hybridized carbons (Fsp3) is 0.278. The molecule has 136 valence electrons. The van der Waals surface area contributed by atoms with Gasteiger partial charge in [-0.3, -0.25) is 9.59 Å². The van der Waals surface area contributed by atoms with Crippen LogP contribution in [0.3, 0.4) is 0 Å². The van der Waals surface area contributed by atoms with E-state index in [-0.39, 0.29) is 18.6 Å². The highest BCUT2D eigenvalue weighted by molar-refractivity contribution is 5.98. The normalized spacial score (nSPS) is 13.8. The van der Waals surface area contributed by atoms with Crippen LogP contribution in [0, 0.1) is 5.92 Å². The number of furan rings is 1. The summed E-state index contributed by atoms with van der Waals surface area (Å²) in [5.74, 6) is 0.671. The van der Waals surface area contributed by atoms with Gasteiger partial charge in [0.05, 0.1) is 12.5 Å². The summed E-state index contributed by atoms with van der Waals surface area (Å²) in [6, 6.07) is 7.54. The van der Waals surface area contributed by atoms with Crippen LogP contribution in [-0.2, 0) is 4.79 Å². The molecule has 0 saturated heterocycles. The van der Waals surface area contributed by atoms with Gasteiger partial charge in [-0.15, -0.1) is 0 Å². The third-order valence-electron chi connectivity index (χ3n) is 3.78. The molecule has 2 heterocycles. The molecule has 0 aliphatic carbocycles. The van der Waals surface area contributed by atoms with Gasteiger partial charge < -0.3 is 19.2 Å². The van der Waals surface area contributed by atoms with Crippen LogP contribution in [0.2, 0.25) is 0 Å². The average molecular weight is 357 g/mol. The van der Waals surface area contributed by atoms with Gasteiger partial charge in [0.1, 0.15) is 11.8 Å². The van der Waals surface area contributed by atoms with Crippen LogP contribution in [0.1, 0.15) is 30.0 Å². The van der Waals surface area contributed by atoms with Crippen molar-refractivity contribution in [1.29, 1.82) is 0 Å². The predicted octanol–water partition coefficient (Wildman–Crippen LogP) is 1.91.